The average molecular weight is 388 g/mol. The molecule has 2 N–H and O–H groups in total. The number of benzene rings is 2. The predicted molar refractivity (Wildman–Crippen MR) is 107 cm³/mol. The smallest absolute Gasteiger partial charge is 0.226 e. The van der Waals surface area contributed by atoms with Crippen molar-refractivity contribution < 1.29 is 14.6 Å². The molecule has 1 aliphatic heterocycles. The average Bonchev–Trinajstić information content (AvgIpc) is 3.21. The lowest BCUT2D eigenvalue weighted by Gasteiger charge is -2.35. The summed E-state index contributed by atoms with van der Waals surface area (Å²) in [5.74, 6) is 1.79. The molecule has 1 aliphatic carbocycles. The number of rotatable bonds is 3. The lowest BCUT2D eigenvalue weighted by atomic mass is 9.78. The first-order valence-corrected chi connectivity index (χ1v) is 9.49. The standard InChI is InChI=1S/C22H20N4O3/c1-29-17-8-4-13(5-9-17)15-10-18-20(19(28)11-15)21(14-2-6-16(27)7-3-14)26-22(25-18)23-12-24-26/h2-9,12,15,21,27H,10-11H2,1H3,(H,23,24,25)/t15-,21-/m0/s1. The number of Topliss-reactive ketones (excluding diaryl/α,β-unsaturated/α-hetero) is 1. The molecular formula is C22H20N4O3. The zero-order valence-electron chi connectivity index (χ0n) is 15.9. The molecule has 7 heteroatoms. The Balaban J connectivity index is 1.55. The molecule has 29 heavy (non-hydrogen) atoms. The molecule has 0 radical (unpaired) electrons. The number of nitrogens with zero attached hydrogens (tertiary/aromatic N) is 3. The van der Waals surface area contributed by atoms with Crippen molar-refractivity contribution in [3.05, 3.63) is 77.3 Å². The molecule has 0 bridgehead atoms. The van der Waals surface area contributed by atoms with Gasteiger partial charge in [-0.05, 0) is 47.7 Å². The Hall–Kier alpha value is -3.61. The largest absolute Gasteiger partial charge is 0.508 e. The fraction of sp³-hybridized carbons (Fsp3) is 0.227. The minimum absolute atomic E-state index is 0.0922. The van der Waals surface area contributed by atoms with Gasteiger partial charge in [0.1, 0.15) is 23.9 Å². The first-order valence-electron chi connectivity index (χ1n) is 9.49. The summed E-state index contributed by atoms with van der Waals surface area (Å²) in [7, 11) is 1.64. The van der Waals surface area contributed by atoms with E-state index in [0.717, 1.165) is 34.6 Å². The van der Waals surface area contributed by atoms with Gasteiger partial charge in [-0.1, -0.05) is 24.3 Å². The zero-order chi connectivity index (χ0) is 20.0. The Morgan fingerprint density at radius 1 is 1.07 bits per heavy atom. The quantitative estimate of drug-likeness (QED) is 0.715. The van der Waals surface area contributed by atoms with E-state index in [1.807, 2.05) is 36.4 Å². The Morgan fingerprint density at radius 2 is 1.79 bits per heavy atom. The van der Waals surface area contributed by atoms with Crippen molar-refractivity contribution in [2.75, 3.05) is 12.4 Å². The Bertz CT molecular complexity index is 1100. The molecular weight excluding hydrogens is 368 g/mol. The number of aromatic nitrogens is 3. The van der Waals surface area contributed by atoms with Crippen molar-refractivity contribution in [3.8, 4) is 11.5 Å². The fourth-order valence-corrected chi connectivity index (χ4v) is 4.23. The third kappa shape index (κ3) is 2.95. The number of ether oxygens (including phenoxy) is 1. The number of hydrogen-bond donors (Lipinski definition) is 2. The van der Waals surface area contributed by atoms with Crippen LogP contribution in [0.1, 0.15) is 35.9 Å². The van der Waals surface area contributed by atoms with Crippen LogP contribution >= 0.6 is 0 Å². The SMILES string of the molecule is COc1ccc([C@@H]2CC(=O)C3=C(C2)Nc2ncnn2[C@H]3c2ccc(O)cc2)cc1. The van der Waals surface area contributed by atoms with Crippen molar-refractivity contribution in [1.82, 2.24) is 14.8 Å². The minimum Gasteiger partial charge on any atom is -0.508 e. The highest BCUT2D eigenvalue weighted by Crippen LogP contribution is 2.44. The number of carbonyl (C=O) groups excluding carboxylic acids is 1. The molecule has 2 heterocycles. The number of ketones is 1. The molecule has 0 spiro atoms. The van der Waals surface area contributed by atoms with E-state index in [9.17, 15) is 9.90 Å². The second-order valence-electron chi connectivity index (χ2n) is 7.34. The summed E-state index contributed by atoms with van der Waals surface area (Å²) < 4.78 is 6.97. The summed E-state index contributed by atoms with van der Waals surface area (Å²) in [6.07, 6.45) is 2.64. The van der Waals surface area contributed by atoms with Crippen LogP contribution in [0.3, 0.4) is 0 Å². The van der Waals surface area contributed by atoms with E-state index in [1.165, 1.54) is 6.33 Å². The van der Waals surface area contributed by atoms with Crippen LogP contribution in [-0.4, -0.2) is 32.8 Å². The summed E-state index contributed by atoms with van der Waals surface area (Å²) >= 11 is 0. The van der Waals surface area contributed by atoms with Crippen LogP contribution in [0.5, 0.6) is 11.5 Å². The van der Waals surface area contributed by atoms with E-state index in [2.05, 4.69) is 15.4 Å². The normalized spacial score (nSPS) is 20.7. The van der Waals surface area contributed by atoms with Gasteiger partial charge in [0, 0.05) is 17.7 Å². The number of methoxy groups -OCH3 is 1. The molecule has 5 rings (SSSR count). The van der Waals surface area contributed by atoms with Gasteiger partial charge in [-0.3, -0.25) is 4.79 Å². The summed E-state index contributed by atoms with van der Waals surface area (Å²) in [5, 5.41) is 17.3. The van der Waals surface area contributed by atoms with E-state index in [1.54, 1.807) is 23.9 Å². The van der Waals surface area contributed by atoms with Crippen molar-refractivity contribution in [1.29, 1.82) is 0 Å². The number of phenolic OH excluding ortho intramolecular Hbond substituents is 1. The molecule has 2 atom stereocenters. The molecule has 0 saturated carbocycles. The number of phenols is 1. The highest BCUT2D eigenvalue weighted by atomic mass is 16.5. The van der Waals surface area contributed by atoms with Crippen LogP contribution in [0.4, 0.5) is 5.95 Å². The van der Waals surface area contributed by atoms with Crippen LogP contribution in [0.2, 0.25) is 0 Å². The van der Waals surface area contributed by atoms with Gasteiger partial charge in [-0.15, -0.1) is 0 Å². The topological polar surface area (TPSA) is 89.3 Å². The first-order chi connectivity index (χ1) is 14.1. The van der Waals surface area contributed by atoms with Gasteiger partial charge in [0.2, 0.25) is 5.95 Å². The lowest BCUT2D eigenvalue weighted by molar-refractivity contribution is -0.116. The third-order valence-corrected chi connectivity index (χ3v) is 5.66. The number of fused-ring (bicyclic) bond motifs is 1. The van der Waals surface area contributed by atoms with Gasteiger partial charge in [0.25, 0.3) is 0 Å². The number of hydrogen-bond acceptors (Lipinski definition) is 6. The first kappa shape index (κ1) is 17.5. The van der Waals surface area contributed by atoms with Crippen LogP contribution in [0.15, 0.2) is 66.1 Å². The molecule has 0 unspecified atom stereocenters. The molecule has 0 fully saturated rings. The Kier molecular flexibility index (Phi) is 4.08. The van der Waals surface area contributed by atoms with E-state index in [-0.39, 0.29) is 23.5 Å². The maximum Gasteiger partial charge on any atom is 0.226 e. The monoisotopic (exact) mass is 388 g/mol. The highest BCUT2D eigenvalue weighted by molar-refractivity contribution is 6.00. The number of aromatic hydroxyl groups is 1. The van der Waals surface area contributed by atoms with Crippen LogP contribution in [-0.2, 0) is 4.79 Å². The van der Waals surface area contributed by atoms with E-state index < -0.39 is 0 Å². The van der Waals surface area contributed by atoms with Crippen LogP contribution < -0.4 is 10.1 Å². The van der Waals surface area contributed by atoms with Gasteiger partial charge in [-0.2, -0.15) is 10.1 Å². The fourth-order valence-electron chi connectivity index (χ4n) is 4.23. The lowest BCUT2D eigenvalue weighted by Crippen LogP contribution is -2.33. The van der Waals surface area contributed by atoms with Crippen molar-refractivity contribution in [3.63, 3.8) is 0 Å². The Morgan fingerprint density at radius 3 is 2.52 bits per heavy atom. The van der Waals surface area contributed by atoms with E-state index >= 15 is 0 Å². The number of anilines is 1. The van der Waals surface area contributed by atoms with Gasteiger partial charge in [0.15, 0.2) is 5.78 Å². The molecule has 1 aromatic heterocycles. The van der Waals surface area contributed by atoms with Gasteiger partial charge >= 0.3 is 0 Å². The van der Waals surface area contributed by atoms with Gasteiger partial charge in [-0.25, -0.2) is 4.68 Å². The maximum absolute atomic E-state index is 13.3. The van der Waals surface area contributed by atoms with E-state index in [4.69, 9.17) is 4.74 Å². The van der Waals surface area contributed by atoms with Crippen LogP contribution in [0, 0.1) is 0 Å². The number of allylic oxidation sites excluding steroid dienone is 2. The second kappa shape index (κ2) is 6.77. The summed E-state index contributed by atoms with van der Waals surface area (Å²) in [6.45, 7) is 0. The summed E-state index contributed by atoms with van der Waals surface area (Å²) in [5.41, 5.74) is 3.61. The number of nitrogens with one attached hydrogen (secondary N) is 1. The highest BCUT2D eigenvalue weighted by Gasteiger charge is 2.39. The Labute approximate surface area is 167 Å². The van der Waals surface area contributed by atoms with Crippen molar-refractivity contribution in [2.45, 2.75) is 24.8 Å². The summed E-state index contributed by atoms with van der Waals surface area (Å²) in [4.78, 5) is 17.6. The molecule has 3 aromatic rings. The molecule has 146 valence electrons. The number of carbonyl (C=O) groups is 1. The van der Waals surface area contributed by atoms with Crippen molar-refractivity contribution in [2.24, 2.45) is 0 Å². The maximum atomic E-state index is 13.3. The van der Waals surface area contributed by atoms with Crippen molar-refractivity contribution >= 4 is 11.7 Å². The molecule has 2 aliphatic rings. The summed E-state index contributed by atoms with van der Waals surface area (Å²) in [6, 6.07) is 14.4. The molecule has 0 saturated heterocycles. The predicted octanol–water partition coefficient (Wildman–Crippen LogP) is 3.41. The molecule has 2 aromatic carbocycles. The van der Waals surface area contributed by atoms with Gasteiger partial charge < -0.3 is 15.2 Å². The second-order valence-corrected chi connectivity index (χ2v) is 7.34. The molecule has 0 amide bonds. The van der Waals surface area contributed by atoms with Crippen LogP contribution in [0.25, 0.3) is 0 Å². The third-order valence-electron chi connectivity index (χ3n) is 5.66. The van der Waals surface area contributed by atoms with E-state index in [0.29, 0.717) is 12.4 Å². The van der Waals surface area contributed by atoms with Gasteiger partial charge in [0.05, 0.1) is 7.11 Å². The molecule has 7 nitrogen and oxygen atoms in total. The zero-order valence-corrected chi connectivity index (χ0v) is 15.9. The minimum atomic E-state index is -0.353.